The number of likely N-dealkylation sites (tertiary alicyclic amines) is 1. The molecule has 1 N–H and O–H groups in total. The molecule has 0 bridgehead atoms. The quantitative estimate of drug-likeness (QED) is 0.158. The van der Waals surface area contributed by atoms with Gasteiger partial charge in [0.05, 0.1) is 24.8 Å². The molecular weight excluding hydrogens is 468 g/mol. The second-order valence-corrected chi connectivity index (χ2v) is 8.87. The Morgan fingerprint density at radius 1 is 0.946 bits per heavy atom. The Morgan fingerprint density at radius 2 is 1.70 bits per heavy atom. The highest BCUT2D eigenvalue weighted by atomic mass is 16.5. The molecule has 37 heavy (non-hydrogen) atoms. The van der Waals surface area contributed by atoms with Crippen molar-refractivity contribution in [3.63, 3.8) is 0 Å². The summed E-state index contributed by atoms with van der Waals surface area (Å²) in [6.45, 7) is 5.30. The Hall–Kier alpha value is -4.13. The number of hydrogen-bond donors (Lipinski definition) is 1. The van der Waals surface area contributed by atoms with Crippen molar-refractivity contribution >= 4 is 17.4 Å². The number of rotatable bonds is 11. The average Bonchev–Trinajstić information content (AvgIpc) is 3.17. The third-order valence-corrected chi connectivity index (χ3v) is 6.27. The van der Waals surface area contributed by atoms with Crippen molar-refractivity contribution in [2.75, 3.05) is 13.2 Å². The highest BCUT2D eigenvalue weighted by Gasteiger charge is 2.46. The molecule has 0 saturated carbocycles. The van der Waals surface area contributed by atoms with Crippen molar-refractivity contribution in [1.29, 1.82) is 0 Å². The molecule has 0 spiro atoms. The molecule has 3 aromatic rings. The van der Waals surface area contributed by atoms with E-state index in [9.17, 15) is 14.7 Å². The molecule has 1 atom stereocenters. The number of benzene rings is 2. The molecule has 1 saturated heterocycles. The fraction of sp³-hybridized carbons (Fsp3) is 0.300. The second kappa shape index (κ2) is 12.2. The number of aliphatic hydroxyl groups excluding tert-OH is 1. The van der Waals surface area contributed by atoms with E-state index in [4.69, 9.17) is 9.47 Å². The van der Waals surface area contributed by atoms with Crippen molar-refractivity contribution in [3.05, 3.63) is 95.3 Å². The SMILES string of the molecule is CCCCCOc1ccc(C2/C(=C(\O)c3cccc(OCC)c3)C(=O)C(=O)N2Cc2ccncc2)cc1. The monoisotopic (exact) mass is 500 g/mol. The summed E-state index contributed by atoms with van der Waals surface area (Å²) in [5, 5.41) is 11.3. The van der Waals surface area contributed by atoms with Crippen LogP contribution in [0.15, 0.2) is 78.6 Å². The second-order valence-electron chi connectivity index (χ2n) is 8.87. The minimum atomic E-state index is -0.766. The molecule has 2 aromatic carbocycles. The van der Waals surface area contributed by atoms with E-state index >= 15 is 0 Å². The zero-order valence-electron chi connectivity index (χ0n) is 21.2. The van der Waals surface area contributed by atoms with Crippen molar-refractivity contribution in [3.8, 4) is 11.5 Å². The molecule has 7 nitrogen and oxygen atoms in total. The third kappa shape index (κ3) is 6.00. The Balaban J connectivity index is 1.73. The molecule has 1 fully saturated rings. The van der Waals surface area contributed by atoms with Gasteiger partial charge in [0.25, 0.3) is 11.7 Å². The number of aromatic nitrogens is 1. The number of nitrogens with zero attached hydrogens (tertiary/aromatic N) is 2. The van der Waals surface area contributed by atoms with E-state index in [1.807, 2.05) is 31.2 Å². The summed E-state index contributed by atoms with van der Waals surface area (Å²) in [4.78, 5) is 32.1. The summed E-state index contributed by atoms with van der Waals surface area (Å²) in [5.41, 5.74) is 1.99. The Morgan fingerprint density at radius 3 is 2.41 bits per heavy atom. The number of pyridine rings is 1. The van der Waals surface area contributed by atoms with Crippen LogP contribution in [0.5, 0.6) is 11.5 Å². The minimum Gasteiger partial charge on any atom is -0.507 e. The van der Waals surface area contributed by atoms with Crippen LogP contribution >= 0.6 is 0 Å². The number of Topliss-reactive ketones (excluding diaryl/α,β-unsaturated/α-hetero) is 1. The molecule has 192 valence electrons. The first-order valence-corrected chi connectivity index (χ1v) is 12.7. The van der Waals surface area contributed by atoms with Gasteiger partial charge < -0.3 is 19.5 Å². The van der Waals surface area contributed by atoms with E-state index in [1.165, 1.54) is 4.90 Å². The first-order chi connectivity index (χ1) is 18.0. The number of carbonyl (C=O) groups is 2. The third-order valence-electron chi connectivity index (χ3n) is 6.27. The maximum atomic E-state index is 13.3. The van der Waals surface area contributed by atoms with Gasteiger partial charge in [-0.05, 0) is 60.9 Å². The summed E-state index contributed by atoms with van der Waals surface area (Å²) >= 11 is 0. The van der Waals surface area contributed by atoms with E-state index in [0.29, 0.717) is 30.1 Å². The summed E-state index contributed by atoms with van der Waals surface area (Å²) in [6, 6.07) is 17.1. The molecule has 4 rings (SSSR count). The van der Waals surface area contributed by atoms with Crippen LogP contribution in [-0.2, 0) is 16.1 Å². The number of amides is 1. The summed E-state index contributed by atoms with van der Waals surface area (Å²) < 4.78 is 11.4. The van der Waals surface area contributed by atoms with Gasteiger partial charge in [-0.3, -0.25) is 14.6 Å². The van der Waals surface area contributed by atoms with Crippen molar-refractivity contribution < 1.29 is 24.2 Å². The number of hydrogen-bond acceptors (Lipinski definition) is 6. The van der Waals surface area contributed by atoms with Gasteiger partial charge in [-0.1, -0.05) is 44.0 Å². The zero-order chi connectivity index (χ0) is 26.2. The van der Waals surface area contributed by atoms with Crippen LogP contribution in [0.2, 0.25) is 0 Å². The van der Waals surface area contributed by atoms with E-state index in [1.54, 1.807) is 48.8 Å². The van der Waals surface area contributed by atoms with Crippen LogP contribution in [0.25, 0.3) is 5.76 Å². The fourth-order valence-corrected chi connectivity index (χ4v) is 4.42. The highest BCUT2D eigenvalue weighted by Crippen LogP contribution is 2.41. The highest BCUT2D eigenvalue weighted by molar-refractivity contribution is 6.46. The number of unbranched alkanes of at least 4 members (excludes halogenated alkanes) is 2. The molecule has 1 amide bonds. The number of aliphatic hydroxyl groups is 1. The van der Waals surface area contributed by atoms with Gasteiger partial charge in [-0.25, -0.2) is 0 Å². The number of carbonyl (C=O) groups excluding carboxylic acids is 2. The lowest BCUT2D eigenvalue weighted by atomic mass is 9.95. The molecule has 7 heteroatoms. The number of ether oxygens (including phenoxy) is 2. The van der Waals surface area contributed by atoms with Gasteiger partial charge >= 0.3 is 0 Å². The van der Waals surface area contributed by atoms with Crippen LogP contribution in [0.4, 0.5) is 0 Å². The lowest BCUT2D eigenvalue weighted by Gasteiger charge is -2.25. The van der Waals surface area contributed by atoms with Gasteiger partial charge in [0, 0.05) is 24.5 Å². The maximum Gasteiger partial charge on any atom is 0.295 e. The smallest absolute Gasteiger partial charge is 0.295 e. The first-order valence-electron chi connectivity index (χ1n) is 12.7. The van der Waals surface area contributed by atoms with Crippen molar-refractivity contribution in [1.82, 2.24) is 9.88 Å². The summed E-state index contributed by atoms with van der Waals surface area (Å²) in [7, 11) is 0. The van der Waals surface area contributed by atoms with E-state index in [0.717, 1.165) is 30.6 Å². The van der Waals surface area contributed by atoms with E-state index in [-0.39, 0.29) is 17.9 Å². The fourth-order valence-electron chi connectivity index (χ4n) is 4.42. The Bertz CT molecular complexity index is 1250. The predicted octanol–water partition coefficient (Wildman–Crippen LogP) is 5.67. The first kappa shape index (κ1) is 25.9. The number of ketones is 1. The van der Waals surface area contributed by atoms with Crippen LogP contribution in [-0.4, -0.2) is 39.9 Å². The molecule has 1 aromatic heterocycles. The Kier molecular flexibility index (Phi) is 8.56. The molecule has 0 aliphatic carbocycles. The summed E-state index contributed by atoms with van der Waals surface area (Å²) in [5.74, 6) is -0.335. The van der Waals surface area contributed by atoms with Gasteiger partial charge in [0.15, 0.2) is 0 Å². The lowest BCUT2D eigenvalue weighted by molar-refractivity contribution is -0.140. The molecule has 0 radical (unpaired) electrons. The van der Waals surface area contributed by atoms with E-state index in [2.05, 4.69) is 11.9 Å². The van der Waals surface area contributed by atoms with Crippen molar-refractivity contribution in [2.24, 2.45) is 0 Å². The molecule has 2 heterocycles. The van der Waals surface area contributed by atoms with Crippen LogP contribution in [0.3, 0.4) is 0 Å². The molecule has 1 aliphatic heterocycles. The van der Waals surface area contributed by atoms with Gasteiger partial charge in [0.2, 0.25) is 0 Å². The zero-order valence-corrected chi connectivity index (χ0v) is 21.2. The normalized spacial score (nSPS) is 16.7. The minimum absolute atomic E-state index is 0.0457. The summed E-state index contributed by atoms with van der Waals surface area (Å²) in [6.07, 6.45) is 6.48. The average molecular weight is 501 g/mol. The van der Waals surface area contributed by atoms with E-state index < -0.39 is 17.7 Å². The molecule has 1 unspecified atom stereocenters. The standard InChI is InChI=1S/C30H32N2O5/c1-3-5-6-18-37-24-12-10-22(11-13-24)27-26(28(33)23-8-7-9-25(19-23)36-4-2)29(34)30(35)32(27)20-21-14-16-31-17-15-21/h7-17,19,27,33H,3-6,18,20H2,1-2H3/b28-26+. The maximum absolute atomic E-state index is 13.3. The van der Waals surface area contributed by atoms with Crippen LogP contribution in [0.1, 0.15) is 55.8 Å². The van der Waals surface area contributed by atoms with Crippen LogP contribution < -0.4 is 9.47 Å². The Labute approximate surface area is 217 Å². The molecular formula is C30H32N2O5. The lowest BCUT2D eigenvalue weighted by Crippen LogP contribution is -2.29. The van der Waals surface area contributed by atoms with Gasteiger partial charge in [-0.15, -0.1) is 0 Å². The van der Waals surface area contributed by atoms with Crippen LogP contribution in [0, 0.1) is 0 Å². The molecule has 1 aliphatic rings. The largest absolute Gasteiger partial charge is 0.507 e. The van der Waals surface area contributed by atoms with Gasteiger partial charge in [-0.2, -0.15) is 0 Å². The topological polar surface area (TPSA) is 89.0 Å². The predicted molar refractivity (Wildman–Crippen MR) is 141 cm³/mol. The van der Waals surface area contributed by atoms with Gasteiger partial charge in [0.1, 0.15) is 17.3 Å². The van der Waals surface area contributed by atoms with Crippen molar-refractivity contribution in [2.45, 2.75) is 45.7 Å².